The van der Waals surface area contributed by atoms with E-state index in [0.29, 0.717) is 11.8 Å². The lowest BCUT2D eigenvalue weighted by atomic mass is 9.86. The minimum Gasteiger partial charge on any atom is -0.392 e. The fourth-order valence-corrected chi connectivity index (χ4v) is 4.92. The van der Waals surface area contributed by atoms with Gasteiger partial charge in [-0.3, -0.25) is 0 Å². The van der Waals surface area contributed by atoms with Crippen molar-refractivity contribution in [1.29, 1.82) is 0 Å². The number of aliphatic hydroxyl groups excluding tert-OH is 1. The minimum absolute atomic E-state index is 0.141. The Labute approximate surface area is 170 Å². The first kappa shape index (κ1) is 21.3. The maximum atomic E-state index is 10.8. The number of allylic oxidation sites excluding steroid dienone is 2. The van der Waals surface area contributed by atoms with Gasteiger partial charge in [0.25, 0.3) is 0 Å². The van der Waals surface area contributed by atoms with Crippen molar-refractivity contribution >= 4 is 0 Å². The highest BCUT2D eigenvalue weighted by Crippen LogP contribution is 2.48. The van der Waals surface area contributed by atoms with Crippen molar-refractivity contribution < 1.29 is 10.2 Å². The van der Waals surface area contributed by atoms with Crippen LogP contribution in [-0.2, 0) is 5.60 Å². The van der Waals surface area contributed by atoms with Crippen molar-refractivity contribution in [3.8, 4) is 0 Å². The van der Waals surface area contributed by atoms with Gasteiger partial charge >= 0.3 is 0 Å². The number of fused-ring (bicyclic) bond motifs is 1. The molecule has 3 heteroatoms. The molecule has 1 aromatic carbocycles. The smallest absolute Gasteiger partial charge is 0.105 e. The molecule has 2 N–H and O–H groups in total. The molecule has 0 heterocycles. The molecule has 3 rings (SSSR count). The summed E-state index contributed by atoms with van der Waals surface area (Å²) >= 11 is 0. The SMILES string of the molecule is CN(C)CCCCCC1=C[C@H]2C[C@@H](O)[C@H](/C=C/[C@@](C)(O)c3ccccc3)[C@H]2C1. The third kappa shape index (κ3) is 5.34. The number of benzene rings is 1. The third-order valence-corrected chi connectivity index (χ3v) is 6.55. The molecule has 1 saturated carbocycles. The average molecular weight is 384 g/mol. The second-order valence-corrected chi connectivity index (χ2v) is 9.22. The molecule has 0 amide bonds. The molecule has 3 nitrogen and oxygen atoms in total. The molecule has 1 aromatic rings. The number of unbranched alkanes of at least 4 members (excludes halogenated alkanes) is 2. The van der Waals surface area contributed by atoms with Crippen LogP contribution in [0, 0.1) is 17.8 Å². The van der Waals surface area contributed by atoms with Crippen LogP contribution < -0.4 is 0 Å². The first-order valence-corrected chi connectivity index (χ1v) is 10.9. The number of hydrogen-bond donors (Lipinski definition) is 2. The Bertz CT molecular complexity index is 677. The topological polar surface area (TPSA) is 43.7 Å². The Hall–Kier alpha value is -1.42. The first-order valence-electron chi connectivity index (χ1n) is 10.9. The van der Waals surface area contributed by atoms with Crippen molar-refractivity contribution in [3.05, 3.63) is 59.7 Å². The summed E-state index contributed by atoms with van der Waals surface area (Å²) < 4.78 is 0. The summed E-state index contributed by atoms with van der Waals surface area (Å²) in [6.45, 7) is 2.99. The Morgan fingerprint density at radius 3 is 2.61 bits per heavy atom. The molecule has 0 spiro atoms. The summed E-state index contributed by atoms with van der Waals surface area (Å²) in [5, 5.41) is 21.4. The molecule has 5 atom stereocenters. The highest BCUT2D eigenvalue weighted by Gasteiger charge is 2.43. The molecular weight excluding hydrogens is 346 g/mol. The molecule has 0 aromatic heterocycles. The van der Waals surface area contributed by atoms with Gasteiger partial charge in [-0.05, 0) is 77.1 Å². The van der Waals surface area contributed by atoms with Crippen LogP contribution in [0.2, 0.25) is 0 Å². The summed E-state index contributed by atoms with van der Waals surface area (Å²) in [4.78, 5) is 2.25. The van der Waals surface area contributed by atoms with E-state index in [-0.39, 0.29) is 12.0 Å². The van der Waals surface area contributed by atoms with Crippen LogP contribution in [0.25, 0.3) is 0 Å². The predicted molar refractivity (Wildman–Crippen MR) is 116 cm³/mol. The summed E-state index contributed by atoms with van der Waals surface area (Å²) in [6, 6.07) is 9.75. The van der Waals surface area contributed by atoms with Crippen molar-refractivity contribution in [2.24, 2.45) is 17.8 Å². The lowest BCUT2D eigenvalue weighted by Crippen LogP contribution is -2.21. The van der Waals surface area contributed by atoms with Crippen LogP contribution in [0.1, 0.15) is 51.0 Å². The van der Waals surface area contributed by atoms with Gasteiger partial charge in [0.2, 0.25) is 0 Å². The van der Waals surface area contributed by atoms with Gasteiger partial charge in [-0.15, -0.1) is 0 Å². The van der Waals surface area contributed by atoms with E-state index < -0.39 is 5.60 Å². The molecule has 0 aliphatic heterocycles. The van der Waals surface area contributed by atoms with Gasteiger partial charge in [0.1, 0.15) is 5.60 Å². The van der Waals surface area contributed by atoms with Crippen LogP contribution in [0.5, 0.6) is 0 Å². The summed E-state index contributed by atoms with van der Waals surface area (Å²) in [7, 11) is 4.27. The lowest BCUT2D eigenvalue weighted by Gasteiger charge is -2.23. The van der Waals surface area contributed by atoms with E-state index in [1.165, 1.54) is 32.2 Å². The largest absolute Gasteiger partial charge is 0.392 e. The van der Waals surface area contributed by atoms with Gasteiger partial charge in [-0.2, -0.15) is 0 Å². The van der Waals surface area contributed by atoms with Crippen molar-refractivity contribution in [1.82, 2.24) is 4.90 Å². The lowest BCUT2D eigenvalue weighted by molar-refractivity contribution is 0.107. The van der Waals surface area contributed by atoms with Crippen molar-refractivity contribution in [3.63, 3.8) is 0 Å². The summed E-state index contributed by atoms with van der Waals surface area (Å²) in [5.41, 5.74) is 1.47. The number of aliphatic hydroxyl groups is 2. The van der Waals surface area contributed by atoms with Crippen LogP contribution in [0.15, 0.2) is 54.1 Å². The van der Waals surface area contributed by atoms with Crippen LogP contribution in [0.4, 0.5) is 0 Å². The Morgan fingerprint density at radius 1 is 1.14 bits per heavy atom. The summed E-state index contributed by atoms with van der Waals surface area (Å²) in [6.07, 6.45) is 13.1. The molecule has 154 valence electrons. The zero-order valence-electron chi connectivity index (χ0n) is 17.7. The van der Waals surface area contributed by atoms with Crippen LogP contribution >= 0.6 is 0 Å². The number of rotatable bonds is 9. The van der Waals surface area contributed by atoms with Gasteiger partial charge in [-0.25, -0.2) is 0 Å². The molecule has 0 saturated heterocycles. The van der Waals surface area contributed by atoms with Crippen molar-refractivity contribution in [2.45, 2.75) is 57.2 Å². The standard InChI is InChI=1S/C25H37NO2/c1-25(28,21-11-7-4-8-12-21)14-13-22-23-17-19(16-20(23)18-24(22)27)10-6-5-9-15-26(2)3/h4,7-8,11-14,16,20,22-24,27-28H,5-6,9-10,15,17-18H2,1-3H3/b14-13+/t20-,22+,23-,24+,25+/m0/s1. The third-order valence-electron chi connectivity index (χ3n) is 6.55. The van der Waals surface area contributed by atoms with E-state index in [4.69, 9.17) is 0 Å². The fourth-order valence-electron chi connectivity index (χ4n) is 4.92. The van der Waals surface area contributed by atoms with Crippen molar-refractivity contribution in [2.75, 3.05) is 20.6 Å². The molecule has 28 heavy (non-hydrogen) atoms. The second kappa shape index (κ2) is 9.39. The maximum Gasteiger partial charge on any atom is 0.105 e. The molecule has 0 radical (unpaired) electrons. The minimum atomic E-state index is -1.000. The predicted octanol–water partition coefficient (Wildman–Crippen LogP) is 4.52. The van der Waals surface area contributed by atoms with E-state index in [1.807, 2.05) is 43.3 Å². The highest BCUT2D eigenvalue weighted by atomic mass is 16.3. The normalized spacial score (nSPS) is 29.3. The van der Waals surface area contributed by atoms with Crippen LogP contribution in [0.3, 0.4) is 0 Å². The zero-order valence-corrected chi connectivity index (χ0v) is 17.7. The Kier molecular flexibility index (Phi) is 7.14. The quantitative estimate of drug-likeness (QED) is 0.487. The van der Waals surface area contributed by atoms with E-state index >= 15 is 0 Å². The van der Waals surface area contributed by atoms with E-state index in [1.54, 1.807) is 5.57 Å². The molecule has 0 bridgehead atoms. The molecule has 2 aliphatic rings. The summed E-state index contributed by atoms with van der Waals surface area (Å²) in [5.74, 6) is 1.14. The van der Waals surface area contributed by atoms with Gasteiger partial charge in [-0.1, -0.05) is 60.6 Å². The molecule has 2 aliphatic carbocycles. The van der Waals surface area contributed by atoms with E-state index in [2.05, 4.69) is 31.1 Å². The zero-order chi connectivity index (χ0) is 20.1. The Balaban J connectivity index is 1.54. The monoisotopic (exact) mass is 383 g/mol. The second-order valence-electron chi connectivity index (χ2n) is 9.22. The van der Waals surface area contributed by atoms with Crippen LogP contribution in [-0.4, -0.2) is 41.9 Å². The van der Waals surface area contributed by atoms with E-state index in [9.17, 15) is 10.2 Å². The molecule has 0 unspecified atom stereocenters. The van der Waals surface area contributed by atoms with Gasteiger partial charge in [0, 0.05) is 5.92 Å². The van der Waals surface area contributed by atoms with Gasteiger partial charge in [0.05, 0.1) is 6.10 Å². The van der Waals surface area contributed by atoms with Gasteiger partial charge in [0.15, 0.2) is 0 Å². The molecule has 1 fully saturated rings. The van der Waals surface area contributed by atoms with E-state index in [0.717, 1.165) is 18.4 Å². The Morgan fingerprint density at radius 2 is 1.89 bits per heavy atom. The first-order chi connectivity index (χ1) is 13.4. The fraction of sp³-hybridized carbons (Fsp3) is 0.600. The number of hydrogen-bond acceptors (Lipinski definition) is 3. The molecular formula is C25H37NO2. The average Bonchev–Trinajstić information content (AvgIpc) is 3.16. The highest BCUT2D eigenvalue weighted by molar-refractivity contribution is 5.27. The number of nitrogens with zero attached hydrogens (tertiary/aromatic N) is 1. The van der Waals surface area contributed by atoms with Gasteiger partial charge < -0.3 is 15.1 Å². The maximum absolute atomic E-state index is 10.8.